The molecule has 1 aliphatic rings. The lowest BCUT2D eigenvalue weighted by Gasteiger charge is -2.23. The number of fused-ring (bicyclic) bond motifs is 1. The molecule has 178 valence electrons. The molecule has 2 aromatic rings. The Hall–Kier alpha value is -3.36. The number of benzene rings is 1. The molecule has 0 saturated heterocycles. The molecule has 1 unspecified atom stereocenters. The van der Waals surface area contributed by atoms with Crippen LogP contribution in [0, 0.1) is 0 Å². The fourth-order valence-corrected chi connectivity index (χ4v) is 3.96. The van der Waals surface area contributed by atoms with E-state index in [4.69, 9.17) is 9.26 Å². The van der Waals surface area contributed by atoms with Gasteiger partial charge < -0.3 is 15.2 Å². The predicted octanol–water partition coefficient (Wildman–Crippen LogP) is 3.64. The van der Waals surface area contributed by atoms with Crippen LogP contribution < -0.4 is 11.1 Å². The summed E-state index contributed by atoms with van der Waals surface area (Å²) in [6, 6.07) is 8.28. The summed E-state index contributed by atoms with van der Waals surface area (Å²) in [4.78, 5) is 36.4. The minimum Gasteiger partial charge on any atom is -0.480 e. The number of rotatable bonds is 7. The van der Waals surface area contributed by atoms with Gasteiger partial charge in [0.1, 0.15) is 11.6 Å². The second kappa shape index (κ2) is 10.5. The molecule has 0 saturated carbocycles. The number of aromatic nitrogens is 2. The van der Waals surface area contributed by atoms with Crippen LogP contribution in [0.5, 0.6) is 0 Å². The van der Waals surface area contributed by atoms with Crippen LogP contribution in [-0.2, 0) is 22.4 Å². The van der Waals surface area contributed by atoms with Crippen LogP contribution in [0.25, 0.3) is 0 Å². The Kier molecular flexibility index (Phi) is 7.73. The molecule has 1 amide bonds. The lowest BCUT2D eigenvalue weighted by Crippen LogP contribution is -2.43. The van der Waals surface area contributed by atoms with Crippen molar-refractivity contribution in [3.05, 3.63) is 63.9 Å². The van der Waals surface area contributed by atoms with Crippen LogP contribution in [-0.4, -0.2) is 38.5 Å². The first-order valence-corrected chi connectivity index (χ1v) is 11.2. The maximum atomic E-state index is 12.4. The number of aryl methyl sites for hydroxylation is 1. The zero-order valence-corrected chi connectivity index (χ0v) is 19.2. The molecule has 2 atom stereocenters. The smallest absolute Gasteiger partial charge is 0.442 e. The first-order chi connectivity index (χ1) is 15.6. The van der Waals surface area contributed by atoms with Crippen LogP contribution in [0.1, 0.15) is 63.9 Å². The van der Waals surface area contributed by atoms with Crippen LogP contribution in [0.4, 0.5) is 4.79 Å². The molecule has 3 rings (SSSR count). The summed E-state index contributed by atoms with van der Waals surface area (Å²) in [6.45, 7) is 5.13. The Morgan fingerprint density at radius 3 is 2.70 bits per heavy atom. The van der Waals surface area contributed by atoms with Crippen molar-refractivity contribution in [1.82, 2.24) is 15.0 Å². The van der Waals surface area contributed by atoms with Crippen molar-refractivity contribution in [2.45, 2.75) is 77.0 Å². The Bertz CT molecular complexity index is 1050. The quantitative estimate of drug-likeness (QED) is 0.608. The summed E-state index contributed by atoms with van der Waals surface area (Å²) < 4.78 is 11.7. The predicted molar refractivity (Wildman–Crippen MR) is 121 cm³/mol. The Morgan fingerprint density at radius 2 is 2.03 bits per heavy atom. The van der Waals surface area contributed by atoms with E-state index in [2.05, 4.69) is 10.5 Å². The van der Waals surface area contributed by atoms with Crippen LogP contribution in [0.2, 0.25) is 0 Å². The van der Waals surface area contributed by atoms with E-state index in [1.165, 1.54) is 0 Å². The lowest BCUT2D eigenvalue weighted by molar-refractivity contribution is -0.139. The van der Waals surface area contributed by atoms with Crippen molar-refractivity contribution >= 4 is 12.1 Å². The number of nitrogens with zero attached hydrogens (tertiary/aromatic N) is 2. The first kappa shape index (κ1) is 24.3. The number of hydrogen-bond acceptors (Lipinski definition) is 6. The van der Waals surface area contributed by atoms with Crippen molar-refractivity contribution < 1.29 is 24.0 Å². The summed E-state index contributed by atoms with van der Waals surface area (Å²) in [5.74, 6) is -1.08. The molecule has 2 N–H and O–H groups in total. The summed E-state index contributed by atoms with van der Waals surface area (Å²) in [5.41, 5.74) is 1.17. The molecule has 0 radical (unpaired) electrons. The van der Waals surface area contributed by atoms with E-state index in [1.807, 2.05) is 36.4 Å². The Labute approximate surface area is 192 Å². The molecule has 0 spiro atoms. The van der Waals surface area contributed by atoms with Crippen LogP contribution in [0.15, 0.2) is 51.3 Å². The van der Waals surface area contributed by atoms with Gasteiger partial charge in [0.05, 0.1) is 6.04 Å². The van der Waals surface area contributed by atoms with E-state index in [0.29, 0.717) is 25.1 Å². The van der Waals surface area contributed by atoms with Crippen molar-refractivity contribution in [2.75, 3.05) is 0 Å². The molecule has 9 nitrogen and oxygen atoms in total. The van der Waals surface area contributed by atoms with E-state index in [0.717, 1.165) is 24.0 Å². The van der Waals surface area contributed by atoms with Gasteiger partial charge in [-0.3, -0.25) is 9.09 Å². The van der Waals surface area contributed by atoms with E-state index < -0.39 is 29.5 Å². The lowest BCUT2D eigenvalue weighted by atomic mass is 9.93. The number of carboxylic acid groups (broad SMARTS) is 1. The normalized spacial score (nSPS) is 17.5. The van der Waals surface area contributed by atoms with Crippen molar-refractivity contribution in [1.29, 1.82) is 0 Å². The second-order valence-corrected chi connectivity index (χ2v) is 9.21. The van der Waals surface area contributed by atoms with Gasteiger partial charge in [-0.2, -0.15) is 0 Å². The number of aliphatic carboxylic acids is 1. The molecule has 0 bridgehead atoms. The number of carbonyl (C=O) groups excluding carboxylic acids is 1. The SMILES string of the molecule is CC(C)(C)OC(=O)N[C@@H](C/C=C(/Cc1ccccc1)C1CCCCc2noc(=O)n21)C(=O)O. The molecule has 0 fully saturated rings. The number of ether oxygens (including phenoxy) is 1. The number of carboxylic acids is 1. The number of hydrogen-bond donors (Lipinski definition) is 2. The average Bonchev–Trinajstić information content (AvgIpc) is 2.96. The molecule has 0 aliphatic carbocycles. The van der Waals surface area contributed by atoms with Crippen molar-refractivity contribution in [2.24, 2.45) is 0 Å². The largest absolute Gasteiger partial charge is 0.480 e. The minimum atomic E-state index is -1.17. The van der Waals surface area contributed by atoms with Gasteiger partial charge in [0.25, 0.3) is 0 Å². The van der Waals surface area contributed by atoms with Gasteiger partial charge in [0.2, 0.25) is 0 Å². The molecule has 1 aliphatic heterocycles. The number of alkyl carbamates (subject to hydrolysis) is 1. The highest BCUT2D eigenvalue weighted by Crippen LogP contribution is 2.30. The molecule has 9 heteroatoms. The first-order valence-electron chi connectivity index (χ1n) is 11.2. The van der Waals surface area contributed by atoms with Gasteiger partial charge in [0.15, 0.2) is 5.82 Å². The van der Waals surface area contributed by atoms with Crippen LogP contribution in [0.3, 0.4) is 0 Å². The highest BCUT2D eigenvalue weighted by Gasteiger charge is 2.28. The fraction of sp³-hybridized carbons (Fsp3) is 0.500. The number of amides is 1. The van der Waals surface area contributed by atoms with E-state index in [1.54, 1.807) is 25.3 Å². The number of carbonyl (C=O) groups is 2. The third kappa shape index (κ3) is 6.81. The molecule has 1 aromatic carbocycles. The third-order valence-electron chi connectivity index (χ3n) is 5.43. The molecular formula is C24H31N3O6. The number of allylic oxidation sites excluding steroid dienone is 1. The minimum absolute atomic E-state index is 0.0443. The van der Waals surface area contributed by atoms with Crippen LogP contribution >= 0.6 is 0 Å². The zero-order valence-electron chi connectivity index (χ0n) is 19.2. The molecule has 33 heavy (non-hydrogen) atoms. The maximum Gasteiger partial charge on any atom is 0.442 e. The van der Waals surface area contributed by atoms with E-state index in [-0.39, 0.29) is 12.5 Å². The Balaban J connectivity index is 1.90. The summed E-state index contributed by atoms with van der Waals surface area (Å²) in [6.07, 6.45) is 4.74. The van der Waals surface area contributed by atoms with Crippen molar-refractivity contribution in [3.8, 4) is 0 Å². The molecular weight excluding hydrogens is 426 g/mol. The van der Waals surface area contributed by atoms with E-state index in [9.17, 15) is 19.5 Å². The van der Waals surface area contributed by atoms with Gasteiger partial charge >= 0.3 is 17.8 Å². The summed E-state index contributed by atoms with van der Waals surface area (Å²) in [7, 11) is 0. The summed E-state index contributed by atoms with van der Waals surface area (Å²) >= 11 is 0. The fourth-order valence-electron chi connectivity index (χ4n) is 3.96. The Morgan fingerprint density at radius 1 is 1.30 bits per heavy atom. The van der Waals surface area contributed by atoms with Gasteiger partial charge in [-0.25, -0.2) is 14.4 Å². The average molecular weight is 458 g/mol. The second-order valence-electron chi connectivity index (χ2n) is 9.21. The molecule has 2 heterocycles. The third-order valence-corrected chi connectivity index (χ3v) is 5.43. The monoisotopic (exact) mass is 457 g/mol. The van der Waals surface area contributed by atoms with Gasteiger partial charge in [-0.05, 0) is 57.6 Å². The van der Waals surface area contributed by atoms with Gasteiger partial charge in [0, 0.05) is 6.42 Å². The zero-order chi connectivity index (χ0) is 24.0. The van der Waals surface area contributed by atoms with Gasteiger partial charge in [-0.1, -0.05) is 48.0 Å². The number of nitrogens with one attached hydrogen (secondary N) is 1. The molecule has 1 aromatic heterocycles. The maximum absolute atomic E-state index is 12.4. The standard InChI is InChI=1S/C24H31N3O6/c1-24(2,3)32-22(30)25-18(21(28)29)14-13-17(15-16-9-5-4-6-10-16)19-11-7-8-12-20-26-33-23(31)27(19)20/h4-6,9-10,13,18-19H,7-8,11-12,14-15H2,1-3H3,(H,25,30)(H,28,29)/b17-13-/t18-,19?/m0/s1. The highest BCUT2D eigenvalue weighted by molar-refractivity contribution is 5.80. The summed E-state index contributed by atoms with van der Waals surface area (Å²) in [5, 5.41) is 16.0. The van der Waals surface area contributed by atoms with Crippen molar-refractivity contribution in [3.63, 3.8) is 0 Å². The topological polar surface area (TPSA) is 124 Å². The highest BCUT2D eigenvalue weighted by atomic mass is 16.6. The van der Waals surface area contributed by atoms with Gasteiger partial charge in [-0.15, -0.1) is 0 Å². The van der Waals surface area contributed by atoms with E-state index >= 15 is 0 Å².